The first kappa shape index (κ1) is 44.2. The quantitative estimate of drug-likeness (QED) is 0.0326. The second-order valence-electron chi connectivity index (χ2n) is 12.6. The Morgan fingerprint density at radius 1 is 0.736 bits per heavy atom. The van der Waals surface area contributed by atoms with Gasteiger partial charge in [0.15, 0.2) is 6.17 Å². The zero-order valence-corrected chi connectivity index (χ0v) is 29.9. The number of hydrogen-bond donors (Lipinski definition) is 12. The van der Waals surface area contributed by atoms with E-state index in [4.69, 9.17) is 33.0 Å². The van der Waals surface area contributed by atoms with Gasteiger partial charge >= 0.3 is 7.12 Å². The topological polar surface area (TPSA) is 327 Å². The van der Waals surface area contributed by atoms with Crippen LogP contribution in [0.15, 0.2) is 48.5 Å². The molecule has 0 aliphatic carbocycles. The maximum absolute atomic E-state index is 13.4. The van der Waals surface area contributed by atoms with Crippen LogP contribution in [0.3, 0.4) is 0 Å². The van der Waals surface area contributed by atoms with E-state index in [1.807, 2.05) is 17.4 Å². The van der Waals surface area contributed by atoms with Gasteiger partial charge in [-0.15, -0.1) is 0 Å². The smallest absolute Gasteiger partial charge is 0.425 e. The Balaban J connectivity index is 2.12. The summed E-state index contributed by atoms with van der Waals surface area (Å²) in [4.78, 5) is 76.5. The first-order chi connectivity index (χ1) is 25.1. The van der Waals surface area contributed by atoms with Crippen LogP contribution in [-0.4, -0.2) is 101 Å². The number of carbonyl (C=O) groups is 6. The summed E-state index contributed by atoms with van der Waals surface area (Å²) >= 11 is 0. The Hall–Kier alpha value is -4.92. The van der Waals surface area contributed by atoms with Crippen molar-refractivity contribution in [3.8, 4) is 11.1 Å². The van der Waals surface area contributed by atoms with Crippen LogP contribution in [0, 0.1) is 0 Å². The van der Waals surface area contributed by atoms with Gasteiger partial charge in [-0.3, -0.25) is 28.8 Å². The van der Waals surface area contributed by atoms with Crippen molar-refractivity contribution in [2.24, 2.45) is 22.9 Å². The van der Waals surface area contributed by atoms with Gasteiger partial charge in [0.25, 0.3) is 11.8 Å². The van der Waals surface area contributed by atoms with E-state index in [9.17, 15) is 33.9 Å². The summed E-state index contributed by atoms with van der Waals surface area (Å²) in [5.41, 5.74) is 25.3. The van der Waals surface area contributed by atoms with Gasteiger partial charge in [-0.1, -0.05) is 49.7 Å². The Labute approximate surface area is 308 Å². The molecule has 0 spiro atoms. The highest BCUT2D eigenvalue weighted by molar-refractivity contribution is 6.43. The molecule has 6 atom stereocenters. The van der Waals surface area contributed by atoms with Crippen LogP contribution in [0.2, 0.25) is 0 Å². The summed E-state index contributed by atoms with van der Waals surface area (Å²) in [6, 6.07) is 8.90. The van der Waals surface area contributed by atoms with E-state index >= 15 is 0 Å². The van der Waals surface area contributed by atoms with Crippen LogP contribution in [0.4, 0.5) is 0 Å². The molecule has 53 heavy (non-hydrogen) atoms. The SMILES string of the molecule is CCCCc1ccc(-c2ccc(C(=O)N[C@@H](CCCCN)C(=O)N[C@H](C(=O)N[C@@H](N)C(=O)N[C@@H](CC(N)=O)C(=O)N[C@@H](N)B(O)O)[C@@H](C)O)cc2)cc1. The fraction of sp³-hybridized carbons (Fsp3) is 0.471. The molecular weight excluding hydrogens is 689 g/mol. The Morgan fingerprint density at radius 3 is 1.85 bits per heavy atom. The first-order valence-corrected chi connectivity index (χ1v) is 17.3. The lowest BCUT2D eigenvalue weighted by atomic mass is 9.86. The summed E-state index contributed by atoms with van der Waals surface area (Å²) in [5.74, 6) is -5.79. The predicted octanol–water partition coefficient (Wildman–Crippen LogP) is -3.04. The number of rotatable bonds is 22. The third-order valence-corrected chi connectivity index (χ3v) is 8.13. The second kappa shape index (κ2) is 22.2. The van der Waals surface area contributed by atoms with E-state index in [1.54, 1.807) is 24.3 Å². The Bertz CT molecular complexity index is 1530. The fourth-order valence-electron chi connectivity index (χ4n) is 5.04. The first-order valence-electron chi connectivity index (χ1n) is 17.3. The van der Waals surface area contributed by atoms with E-state index in [0.29, 0.717) is 19.4 Å². The van der Waals surface area contributed by atoms with Crippen molar-refractivity contribution in [3.63, 3.8) is 0 Å². The van der Waals surface area contributed by atoms with Crippen molar-refractivity contribution in [1.29, 1.82) is 0 Å². The van der Waals surface area contributed by atoms with Crippen LogP contribution in [0.1, 0.15) is 68.3 Å². The standard InChI is InChI=1S/C34H52BN9O9/c1-3-4-7-20-9-11-21(12-10-20)22-13-15-23(16-14-22)29(47)40-24(8-5-6-17-36)30(48)42-27(19(2)45)32(50)43-28(38)33(51)41-25(18-26(37)46)31(49)44-34(39)35(52)53/h9-16,19,24-25,27-28,34,45,52-53H,3-8,17-18,36,38-39H2,1-2H3,(H2,37,46)(H,40,47)(H,41,51)(H,42,48)(H,43,50)(H,44,49)/t19-,24+,25+,27+,28-,34-/m1/s1. The molecule has 0 saturated carbocycles. The number of primary amides is 1. The number of aliphatic hydroxyl groups excluding tert-OH is 1. The summed E-state index contributed by atoms with van der Waals surface area (Å²) < 4.78 is 0. The molecule has 19 heteroatoms. The number of amides is 6. The summed E-state index contributed by atoms with van der Waals surface area (Å²) in [7, 11) is -2.16. The minimum Gasteiger partial charge on any atom is -0.425 e. The van der Waals surface area contributed by atoms with Crippen molar-refractivity contribution in [2.75, 3.05) is 6.54 Å². The second-order valence-corrected chi connectivity index (χ2v) is 12.6. The number of aliphatic hydroxyl groups is 1. The normalized spacial score (nSPS) is 14.3. The average Bonchev–Trinajstić information content (AvgIpc) is 3.11. The lowest BCUT2D eigenvalue weighted by Gasteiger charge is -2.26. The van der Waals surface area contributed by atoms with Gasteiger partial charge in [-0.05, 0) is 74.4 Å². The maximum atomic E-state index is 13.4. The number of aryl methyl sites for hydroxylation is 1. The third kappa shape index (κ3) is 14.9. The number of nitrogens with two attached hydrogens (primary N) is 4. The number of hydrogen-bond acceptors (Lipinski definition) is 12. The summed E-state index contributed by atoms with van der Waals surface area (Å²) in [6.07, 6.45) is 0.221. The van der Waals surface area contributed by atoms with Crippen molar-refractivity contribution in [1.82, 2.24) is 26.6 Å². The Kier molecular flexibility index (Phi) is 18.6. The molecule has 2 aromatic rings. The van der Waals surface area contributed by atoms with E-state index in [-0.39, 0.29) is 12.0 Å². The molecule has 0 aliphatic rings. The lowest BCUT2D eigenvalue weighted by molar-refractivity contribution is -0.136. The van der Waals surface area contributed by atoms with E-state index < -0.39 is 85.4 Å². The highest BCUT2D eigenvalue weighted by atomic mass is 16.4. The van der Waals surface area contributed by atoms with Crippen LogP contribution in [0.5, 0.6) is 0 Å². The average molecular weight is 742 g/mol. The minimum absolute atomic E-state index is 0.146. The van der Waals surface area contributed by atoms with Crippen LogP contribution < -0.4 is 49.5 Å². The molecule has 0 fully saturated rings. The van der Waals surface area contributed by atoms with Crippen molar-refractivity contribution < 1.29 is 43.9 Å². The maximum Gasteiger partial charge on any atom is 0.490 e. The van der Waals surface area contributed by atoms with Gasteiger partial charge in [0.05, 0.1) is 12.5 Å². The molecule has 2 rings (SSSR count). The molecule has 0 radical (unpaired) electrons. The minimum atomic E-state index is -2.16. The van der Waals surface area contributed by atoms with E-state index in [2.05, 4.69) is 40.3 Å². The third-order valence-electron chi connectivity index (χ3n) is 8.13. The molecule has 0 aromatic heterocycles. The number of carbonyl (C=O) groups excluding carboxylic acids is 6. The van der Waals surface area contributed by atoms with E-state index in [1.165, 1.54) is 12.5 Å². The molecule has 290 valence electrons. The lowest BCUT2D eigenvalue weighted by Crippen LogP contribution is -2.63. The summed E-state index contributed by atoms with van der Waals surface area (Å²) in [5, 5.41) is 39.8. The molecule has 0 unspecified atom stereocenters. The fourth-order valence-corrected chi connectivity index (χ4v) is 5.04. The van der Waals surface area contributed by atoms with Gasteiger partial charge in [-0.2, -0.15) is 0 Å². The van der Waals surface area contributed by atoms with Gasteiger partial charge in [0.2, 0.25) is 23.6 Å². The summed E-state index contributed by atoms with van der Waals surface area (Å²) in [6.45, 7) is 3.67. The zero-order valence-electron chi connectivity index (χ0n) is 29.9. The highest BCUT2D eigenvalue weighted by Gasteiger charge is 2.33. The molecule has 18 nitrogen and oxygen atoms in total. The molecule has 6 amide bonds. The van der Waals surface area contributed by atoms with Crippen LogP contribution in [0.25, 0.3) is 11.1 Å². The van der Waals surface area contributed by atoms with E-state index in [0.717, 1.165) is 30.4 Å². The van der Waals surface area contributed by atoms with Crippen molar-refractivity contribution in [3.05, 3.63) is 59.7 Å². The van der Waals surface area contributed by atoms with Crippen LogP contribution in [-0.2, 0) is 30.4 Å². The number of nitrogens with one attached hydrogen (secondary N) is 5. The molecule has 16 N–H and O–H groups in total. The van der Waals surface area contributed by atoms with Gasteiger partial charge in [0.1, 0.15) is 24.2 Å². The molecule has 2 aromatic carbocycles. The van der Waals surface area contributed by atoms with Gasteiger partial charge in [0, 0.05) is 5.56 Å². The predicted molar refractivity (Wildman–Crippen MR) is 196 cm³/mol. The molecule has 0 saturated heterocycles. The van der Waals surface area contributed by atoms with Crippen molar-refractivity contribution in [2.45, 2.75) is 95.3 Å². The molecule has 0 aliphatic heterocycles. The monoisotopic (exact) mass is 741 g/mol. The number of benzene rings is 2. The number of unbranched alkanes of at least 4 members (excludes halogenated alkanes) is 2. The molecule has 0 bridgehead atoms. The molecule has 0 heterocycles. The van der Waals surface area contributed by atoms with Crippen molar-refractivity contribution >= 4 is 42.6 Å². The molecular formula is C34H52BN9O9. The van der Waals surface area contributed by atoms with Gasteiger partial charge < -0.3 is 64.7 Å². The zero-order chi connectivity index (χ0) is 39.7. The largest absolute Gasteiger partial charge is 0.490 e. The van der Waals surface area contributed by atoms with Gasteiger partial charge in [-0.25, -0.2) is 0 Å². The highest BCUT2D eigenvalue weighted by Crippen LogP contribution is 2.21. The van der Waals surface area contributed by atoms with Crippen LogP contribution >= 0.6 is 0 Å². The Morgan fingerprint density at radius 2 is 1.32 bits per heavy atom.